The summed E-state index contributed by atoms with van der Waals surface area (Å²) in [6.45, 7) is 12.8. The minimum atomic E-state index is -0.898. The van der Waals surface area contributed by atoms with Crippen LogP contribution in [0.15, 0.2) is 11.1 Å². The van der Waals surface area contributed by atoms with Crippen molar-refractivity contribution in [2.75, 3.05) is 19.7 Å². The number of alkyl halides is 1. The number of halogens is 1. The second-order valence-corrected chi connectivity index (χ2v) is 6.51. The molecule has 0 aliphatic carbocycles. The van der Waals surface area contributed by atoms with Gasteiger partial charge in [-0.3, -0.25) is 4.90 Å². The number of hydrogen-bond acceptors (Lipinski definition) is 2. The predicted molar refractivity (Wildman–Crippen MR) is 77.1 cm³/mol. The highest BCUT2D eigenvalue weighted by atomic mass is 19.1. The first-order valence-electron chi connectivity index (χ1n) is 7.66. The van der Waals surface area contributed by atoms with Gasteiger partial charge in [-0.25, -0.2) is 4.39 Å². The summed E-state index contributed by atoms with van der Waals surface area (Å²) in [6.07, 6.45) is 0.879. The largest absolute Gasteiger partial charge is 0.363 e. The molecule has 0 unspecified atom stereocenters. The lowest BCUT2D eigenvalue weighted by Crippen LogP contribution is -2.56. The minimum Gasteiger partial charge on any atom is -0.363 e. The summed E-state index contributed by atoms with van der Waals surface area (Å²) in [5, 5.41) is 0. The molecule has 19 heavy (non-hydrogen) atoms. The molecule has 1 saturated heterocycles. The topological polar surface area (TPSA) is 12.5 Å². The van der Waals surface area contributed by atoms with Gasteiger partial charge in [-0.15, -0.1) is 0 Å². The Labute approximate surface area is 117 Å². The summed E-state index contributed by atoms with van der Waals surface area (Å²) >= 11 is 0. The Morgan fingerprint density at radius 3 is 2.53 bits per heavy atom. The Morgan fingerprint density at radius 2 is 2.05 bits per heavy atom. The fraction of sp³-hybridized carbons (Fsp3) is 0.875. The van der Waals surface area contributed by atoms with Gasteiger partial charge in [0.15, 0.2) is 0 Å². The van der Waals surface area contributed by atoms with Crippen LogP contribution in [0.2, 0.25) is 0 Å². The van der Waals surface area contributed by atoms with Crippen molar-refractivity contribution in [1.82, 2.24) is 4.90 Å². The van der Waals surface area contributed by atoms with E-state index in [9.17, 15) is 4.39 Å². The molecule has 2 atom stereocenters. The maximum absolute atomic E-state index is 14.9. The Hall–Kier alpha value is -0.410. The molecule has 110 valence electrons. The van der Waals surface area contributed by atoms with Crippen LogP contribution < -0.4 is 0 Å². The molecule has 2 nitrogen and oxygen atoms in total. The number of piperidine rings is 1. The molecule has 0 aromatic heterocycles. The van der Waals surface area contributed by atoms with E-state index in [0.717, 1.165) is 19.4 Å². The van der Waals surface area contributed by atoms with E-state index in [-0.39, 0.29) is 0 Å². The molecule has 2 aliphatic heterocycles. The van der Waals surface area contributed by atoms with Crippen LogP contribution >= 0.6 is 0 Å². The summed E-state index contributed by atoms with van der Waals surface area (Å²) in [5.41, 5.74) is 1.96. The molecule has 2 aliphatic rings. The van der Waals surface area contributed by atoms with E-state index in [1.165, 1.54) is 11.1 Å². The summed E-state index contributed by atoms with van der Waals surface area (Å²) < 4.78 is 20.9. The molecule has 0 aromatic rings. The number of rotatable bonds is 3. The highest BCUT2D eigenvalue weighted by Gasteiger charge is 2.52. The summed E-state index contributed by atoms with van der Waals surface area (Å²) in [5.74, 6) is 0.376. The van der Waals surface area contributed by atoms with Gasteiger partial charge < -0.3 is 4.74 Å². The van der Waals surface area contributed by atoms with Crippen molar-refractivity contribution in [2.45, 2.75) is 65.3 Å². The molecule has 0 amide bonds. The smallest absolute Gasteiger partial charge is 0.145 e. The molecule has 0 saturated carbocycles. The molecular weight excluding hydrogens is 241 g/mol. The van der Waals surface area contributed by atoms with Gasteiger partial charge in [-0.2, -0.15) is 0 Å². The van der Waals surface area contributed by atoms with Crippen molar-refractivity contribution >= 4 is 0 Å². The van der Waals surface area contributed by atoms with Gasteiger partial charge in [0, 0.05) is 19.1 Å². The van der Waals surface area contributed by atoms with Crippen LogP contribution in [-0.4, -0.2) is 42.4 Å². The lowest BCUT2D eigenvalue weighted by Gasteiger charge is -2.45. The molecule has 0 radical (unpaired) electrons. The number of hydrogen-bond donors (Lipinski definition) is 0. The van der Waals surface area contributed by atoms with Crippen molar-refractivity contribution < 1.29 is 9.13 Å². The normalized spacial score (nSPS) is 33.2. The number of ether oxygens (including phenoxy) is 1. The third kappa shape index (κ3) is 2.47. The first-order chi connectivity index (χ1) is 8.92. The Kier molecular flexibility index (Phi) is 4.36. The van der Waals surface area contributed by atoms with Crippen molar-refractivity contribution in [3.05, 3.63) is 11.1 Å². The quantitative estimate of drug-likeness (QED) is 0.726. The zero-order valence-corrected chi connectivity index (χ0v) is 13.0. The minimum absolute atomic E-state index is 0.376. The maximum Gasteiger partial charge on any atom is 0.145 e. The van der Waals surface area contributed by atoms with Crippen LogP contribution in [0.25, 0.3) is 0 Å². The van der Waals surface area contributed by atoms with Crippen molar-refractivity contribution in [3.8, 4) is 0 Å². The maximum atomic E-state index is 14.9. The summed E-state index contributed by atoms with van der Waals surface area (Å²) in [6, 6.07) is 0.411. The van der Waals surface area contributed by atoms with Gasteiger partial charge in [0.1, 0.15) is 11.8 Å². The van der Waals surface area contributed by atoms with Crippen molar-refractivity contribution in [2.24, 2.45) is 5.92 Å². The van der Waals surface area contributed by atoms with Gasteiger partial charge in [-0.05, 0) is 43.8 Å². The first kappa shape index (κ1) is 15.0. The van der Waals surface area contributed by atoms with E-state index in [0.29, 0.717) is 25.1 Å². The first-order valence-corrected chi connectivity index (χ1v) is 7.66. The Bertz CT molecular complexity index is 364. The van der Waals surface area contributed by atoms with Gasteiger partial charge >= 0.3 is 0 Å². The Morgan fingerprint density at radius 1 is 1.37 bits per heavy atom. The second kappa shape index (κ2) is 5.53. The third-order valence-electron chi connectivity index (χ3n) is 4.75. The van der Waals surface area contributed by atoms with Crippen LogP contribution in [0.3, 0.4) is 0 Å². The zero-order valence-electron chi connectivity index (χ0n) is 13.0. The van der Waals surface area contributed by atoms with Crippen molar-refractivity contribution in [1.29, 1.82) is 0 Å². The van der Waals surface area contributed by atoms with Gasteiger partial charge in [0.2, 0.25) is 0 Å². The average Bonchev–Trinajstić information content (AvgIpc) is 2.72. The second-order valence-electron chi connectivity index (χ2n) is 6.51. The highest BCUT2D eigenvalue weighted by Crippen LogP contribution is 2.45. The Balaban J connectivity index is 2.27. The fourth-order valence-corrected chi connectivity index (χ4v) is 3.71. The molecule has 2 rings (SSSR count). The summed E-state index contributed by atoms with van der Waals surface area (Å²) in [7, 11) is 0. The average molecular weight is 269 g/mol. The van der Waals surface area contributed by atoms with E-state index in [1.54, 1.807) is 0 Å². The van der Waals surface area contributed by atoms with Crippen LogP contribution in [0.1, 0.15) is 47.5 Å². The van der Waals surface area contributed by atoms with Crippen molar-refractivity contribution in [3.63, 3.8) is 0 Å². The third-order valence-corrected chi connectivity index (χ3v) is 4.75. The molecule has 0 aromatic carbocycles. The number of likely N-dealkylation sites (tertiary alicyclic amines) is 1. The molecule has 0 N–H and O–H groups in total. The van der Waals surface area contributed by atoms with Crippen LogP contribution in [0.5, 0.6) is 0 Å². The molecule has 1 fully saturated rings. The highest BCUT2D eigenvalue weighted by molar-refractivity contribution is 5.34. The zero-order chi connectivity index (χ0) is 14.2. The molecule has 2 heterocycles. The van der Waals surface area contributed by atoms with E-state index in [2.05, 4.69) is 39.5 Å². The van der Waals surface area contributed by atoms with Crippen LogP contribution in [-0.2, 0) is 4.74 Å². The van der Waals surface area contributed by atoms with E-state index >= 15 is 0 Å². The standard InChI is InChI=1S/C16H28FNO/c1-6-13-10-19-16(15(13)11(2)3)7-8-18(12(4)5)9-14(16)17/h11-12,14H,6-10H2,1-5H3/t14-,16+/m1/s1. The molecular formula is C16H28FNO. The predicted octanol–water partition coefficient (Wildman–Crippen LogP) is 3.57. The van der Waals surface area contributed by atoms with Gasteiger partial charge in [0.25, 0.3) is 0 Å². The SMILES string of the molecule is CCC1=C(C(C)C)[C@@]2(CCN(C(C)C)C[C@H]2F)OC1. The van der Waals surface area contributed by atoms with E-state index in [1.807, 2.05) is 0 Å². The van der Waals surface area contributed by atoms with Gasteiger partial charge in [0.05, 0.1) is 6.61 Å². The van der Waals surface area contributed by atoms with E-state index < -0.39 is 11.8 Å². The monoisotopic (exact) mass is 269 g/mol. The molecule has 1 spiro atoms. The lowest BCUT2D eigenvalue weighted by molar-refractivity contribution is -0.0938. The molecule has 3 heteroatoms. The lowest BCUT2D eigenvalue weighted by atomic mass is 9.76. The van der Waals surface area contributed by atoms with E-state index in [4.69, 9.17) is 4.74 Å². The van der Waals surface area contributed by atoms with Gasteiger partial charge in [-0.1, -0.05) is 20.8 Å². The number of nitrogens with zero attached hydrogens (tertiary/aromatic N) is 1. The molecule has 0 bridgehead atoms. The van der Waals surface area contributed by atoms with Crippen LogP contribution in [0, 0.1) is 5.92 Å². The van der Waals surface area contributed by atoms with Crippen LogP contribution in [0.4, 0.5) is 4.39 Å². The fourth-order valence-electron chi connectivity index (χ4n) is 3.71. The summed E-state index contributed by atoms with van der Waals surface area (Å²) in [4.78, 5) is 2.22.